The summed E-state index contributed by atoms with van der Waals surface area (Å²) >= 11 is 15.0. The summed E-state index contributed by atoms with van der Waals surface area (Å²) in [5, 5.41) is 4.97. The molecular formula is C9H4BrCl2NO. The fourth-order valence-electron chi connectivity index (χ4n) is 1.11. The summed E-state index contributed by atoms with van der Waals surface area (Å²) in [6.07, 6.45) is 1.50. The molecule has 0 N–H and O–H groups in total. The van der Waals surface area contributed by atoms with Crippen LogP contribution in [0.1, 0.15) is 0 Å². The largest absolute Gasteiger partial charge is 0.363 e. The van der Waals surface area contributed by atoms with Gasteiger partial charge in [-0.15, -0.1) is 0 Å². The Bertz CT molecular complexity index is 449. The first-order chi connectivity index (χ1) is 6.66. The smallest absolute Gasteiger partial charge is 0.138 e. The van der Waals surface area contributed by atoms with E-state index in [1.165, 1.54) is 6.26 Å². The molecule has 0 aliphatic carbocycles. The van der Waals surface area contributed by atoms with Crippen molar-refractivity contribution in [2.75, 3.05) is 0 Å². The second-order valence-corrected chi connectivity index (χ2v) is 4.40. The van der Waals surface area contributed by atoms with E-state index >= 15 is 0 Å². The van der Waals surface area contributed by atoms with Crippen molar-refractivity contribution in [1.82, 2.24) is 5.16 Å². The Labute approximate surface area is 98.9 Å². The number of halogens is 3. The second-order valence-electron chi connectivity index (χ2n) is 2.67. The van der Waals surface area contributed by atoms with E-state index < -0.39 is 0 Å². The Hall–Kier alpha value is -0.510. The normalized spacial score (nSPS) is 10.5. The minimum absolute atomic E-state index is 0.572. The Morgan fingerprint density at radius 1 is 1.14 bits per heavy atom. The molecule has 0 saturated carbocycles. The predicted molar refractivity (Wildman–Crippen MR) is 59.7 cm³/mol. The average molecular weight is 293 g/mol. The van der Waals surface area contributed by atoms with Gasteiger partial charge in [-0.25, -0.2) is 0 Å². The Balaban J connectivity index is 2.57. The summed E-state index contributed by atoms with van der Waals surface area (Å²) in [5.41, 5.74) is 1.51. The van der Waals surface area contributed by atoms with Crippen LogP contribution in [0.15, 0.2) is 33.5 Å². The minimum atomic E-state index is 0.572. The van der Waals surface area contributed by atoms with Crippen LogP contribution in [0.4, 0.5) is 0 Å². The molecule has 0 spiro atoms. The van der Waals surface area contributed by atoms with E-state index in [-0.39, 0.29) is 0 Å². The summed E-state index contributed by atoms with van der Waals surface area (Å²) in [4.78, 5) is 0. The van der Waals surface area contributed by atoms with Gasteiger partial charge in [0.1, 0.15) is 12.0 Å². The lowest BCUT2D eigenvalue weighted by Gasteiger charge is -1.99. The van der Waals surface area contributed by atoms with E-state index in [2.05, 4.69) is 21.1 Å². The zero-order chi connectivity index (χ0) is 10.1. The van der Waals surface area contributed by atoms with E-state index in [9.17, 15) is 0 Å². The van der Waals surface area contributed by atoms with Gasteiger partial charge in [0.15, 0.2) is 0 Å². The molecule has 1 heterocycles. The van der Waals surface area contributed by atoms with Crippen molar-refractivity contribution < 1.29 is 4.52 Å². The first-order valence-corrected chi connectivity index (χ1v) is 5.28. The van der Waals surface area contributed by atoms with Crippen LogP contribution in [0.2, 0.25) is 10.0 Å². The lowest BCUT2D eigenvalue weighted by Crippen LogP contribution is -1.78. The Morgan fingerprint density at radius 3 is 2.29 bits per heavy atom. The van der Waals surface area contributed by atoms with E-state index in [0.29, 0.717) is 15.7 Å². The Kier molecular flexibility index (Phi) is 2.81. The van der Waals surface area contributed by atoms with Gasteiger partial charge in [-0.1, -0.05) is 28.4 Å². The van der Waals surface area contributed by atoms with Gasteiger partial charge < -0.3 is 4.52 Å². The molecule has 1 aromatic carbocycles. The van der Waals surface area contributed by atoms with Crippen LogP contribution in [-0.4, -0.2) is 5.16 Å². The van der Waals surface area contributed by atoms with E-state index in [0.717, 1.165) is 10.0 Å². The average Bonchev–Trinajstić information content (AvgIpc) is 2.49. The summed E-state index contributed by atoms with van der Waals surface area (Å²) in [5.74, 6) is 0. The number of nitrogens with zero attached hydrogens (tertiary/aromatic N) is 1. The predicted octanol–water partition coefficient (Wildman–Crippen LogP) is 4.41. The molecule has 0 saturated heterocycles. The van der Waals surface area contributed by atoms with Gasteiger partial charge in [-0.05, 0) is 34.1 Å². The lowest BCUT2D eigenvalue weighted by molar-refractivity contribution is 0.422. The molecule has 1 aromatic heterocycles. The molecular weight excluding hydrogens is 289 g/mol. The number of rotatable bonds is 1. The molecule has 2 aromatic rings. The molecule has 5 heteroatoms. The maximum Gasteiger partial charge on any atom is 0.138 e. The van der Waals surface area contributed by atoms with Crippen molar-refractivity contribution >= 4 is 39.1 Å². The van der Waals surface area contributed by atoms with Gasteiger partial charge in [-0.2, -0.15) is 0 Å². The van der Waals surface area contributed by atoms with Gasteiger partial charge in [0.05, 0.1) is 4.47 Å². The molecule has 0 amide bonds. The molecule has 72 valence electrons. The quantitative estimate of drug-likeness (QED) is 0.778. The van der Waals surface area contributed by atoms with Crippen molar-refractivity contribution in [3.05, 3.63) is 39.0 Å². The van der Waals surface area contributed by atoms with Crippen LogP contribution in [0.25, 0.3) is 11.3 Å². The first kappa shape index (κ1) is 10.0. The molecule has 0 unspecified atom stereocenters. The van der Waals surface area contributed by atoms with Crippen LogP contribution in [0, 0.1) is 0 Å². The van der Waals surface area contributed by atoms with Crippen molar-refractivity contribution in [2.24, 2.45) is 0 Å². The minimum Gasteiger partial charge on any atom is -0.363 e. The summed E-state index contributed by atoms with van der Waals surface area (Å²) < 4.78 is 5.57. The van der Waals surface area contributed by atoms with Crippen LogP contribution in [0.3, 0.4) is 0 Å². The highest BCUT2D eigenvalue weighted by atomic mass is 79.9. The summed E-state index contributed by atoms with van der Waals surface area (Å²) in [6, 6.07) is 5.21. The molecule has 2 nitrogen and oxygen atoms in total. The van der Waals surface area contributed by atoms with Crippen molar-refractivity contribution in [2.45, 2.75) is 0 Å². The molecule has 0 fully saturated rings. The monoisotopic (exact) mass is 291 g/mol. The topological polar surface area (TPSA) is 26.0 Å². The van der Waals surface area contributed by atoms with Crippen LogP contribution in [-0.2, 0) is 0 Å². The molecule has 0 aliphatic heterocycles. The molecule has 0 aliphatic rings. The molecule has 2 rings (SSSR count). The fourth-order valence-corrected chi connectivity index (χ4v) is 2.02. The molecule has 0 atom stereocenters. The Morgan fingerprint density at radius 2 is 1.79 bits per heavy atom. The highest BCUT2D eigenvalue weighted by Crippen LogP contribution is 2.30. The SMILES string of the molecule is Clc1cc(Cl)cc(-c2nocc2Br)c1. The van der Waals surface area contributed by atoms with Gasteiger partial charge in [0.25, 0.3) is 0 Å². The van der Waals surface area contributed by atoms with E-state index in [1.807, 2.05) is 0 Å². The molecule has 14 heavy (non-hydrogen) atoms. The van der Waals surface area contributed by atoms with Gasteiger partial charge in [0, 0.05) is 15.6 Å². The third-order valence-electron chi connectivity index (χ3n) is 1.66. The number of aromatic nitrogens is 1. The number of hydrogen-bond acceptors (Lipinski definition) is 2. The van der Waals surface area contributed by atoms with Crippen molar-refractivity contribution in [3.63, 3.8) is 0 Å². The molecule has 0 bridgehead atoms. The van der Waals surface area contributed by atoms with E-state index in [1.54, 1.807) is 18.2 Å². The standard InChI is InChI=1S/C9H4BrCl2NO/c10-8-4-14-13-9(8)5-1-6(11)3-7(12)2-5/h1-4H. The van der Waals surface area contributed by atoms with Crippen LogP contribution >= 0.6 is 39.1 Å². The lowest BCUT2D eigenvalue weighted by atomic mass is 10.1. The third kappa shape index (κ3) is 1.95. The highest BCUT2D eigenvalue weighted by molar-refractivity contribution is 9.10. The van der Waals surface area contributed by atoms with Gasteiger partial charge >= 0.3 is 0 Å². The van der Waals surface area contributed by atoms with Gasteiger partial charge in [0.2, 0.25) is 0 Å². The maximum absolute atomic E-state index is 5.86. The van der Waals surface area contributed by atoms with Crippen LogP contribution in [0.5, 0.6) is 0 Å². The summed E-state index contributed by atoms with van der Waals surface area (Å²) in [7, 11) is 0. The van der Waals surface area contributed by atoms with Gasteiger partial charge in [-0.3, -0.25) is 0 Å². The second kappa shape index (κ2) is 3.93. The summed E-state index contributed by atoms with van der Waals surface area (Å²) in [6.45, 7) is 0. The van der Waals surface area contributed by atoms with Crippen molar-refractivity contribution in [1.29, 1.82) is 0 Å². The fraction of sp³-hybridized carbons (Fsp3) is 0. The highest BCUT2D eigenvalue weighted by Gasteiger charge is 2.09. The number of benzene rings is 1. The zero-order valence-electron chi connectivity index (χ0n) is 6.80. The van der Waals surface area contributed by atoms with E-state index in [4.69, 9.17) is 27.7 Å². The zero-order valence-corrected chi connectivity index (χ0v) is 9.90. The molecule has 0 radical (unpaired) electrons. The maximum atomic E-state index is 5.86. The number of hydrogen-bond donors (Lipinski definition) is 0. The third-order valence-corrected chi connectivity index (χ3v) is 2.66. The van der Waals surface area contributed by atoms with Crippen molar-refractivity contribution in [3.8, 4) is 11.3 Å². The first-order valence-electron chi connectivity index (χ1n) is 3.73. The van der Waals surface area contributed by atoms with Crippen LogP contribution < -0.4 is 0 Å².